The van der Waals surface area contributed by atoms with Gasteiger partial charge < -0.3 is 0 Å². The molecule has 0 aliphatic heterocycles. The van der Waals surface area contributed by atoms with Crippen molar-refractivity contribution in [2.75, 3.05) is 0 Å². The van der Waals surface area contributed by atoms with E-state index in [1.807, 2.05) is 13.0 Å². The average Bonchev–Trinajstić information content (AvgIpc) is 3.00. The van der Waals surface area contributed by atoms with Crippen LogP contribution >= 0.6 is 23.6 Å². The monoisotopic (exact) mass is 367 g/mol. The highest BCUT2D eigenvalue weighted by Crippen LogP contribution is 2.32. The Balaban J connectivity index is 1.91. The highest BCUT2D eigenvalue weighted by Gasteiger charge is 2.14. The lowest BCUT2D eigenvalue weighted by molar-refractivity contribution is 0.589. The Kier molecular flexibility index (Phi) is 5.16. The van der Waals surface area contributed by atoms with Crippen LogP contribution in [0.25, 0.3) is 10.4 Å². The quantitative estimate of drug-likeness (QED) is 0.301. The zero-order valence-electron chi connectivity index (χ0n) is 13.1. The smallest absolute Gasteiger partial charge is 0.136 e. The van der Waals surface area contributed by atoms with Gasteiger partial charge in [-0.3, -0.25) is 0 Å². The molecular formula is C20H11F2NS2. The van der Waals surface area contributed by atoms with Gasteiger partial charge in [0.15, 0.2) is 0 Å². The molecule has 0 atom stereocenters. The van der Waals surface area contributed by atoms with Crippen molar-refractivity contribution >= 4 is 34.4 Å². The molecule has 2 aromatic carbocycles. The maximum atomic E-state index is 14.3. The molecule has 0 saturated heterocycles. The van der Waals surface area contributed by atoms with Crippen LogP contribution in [0, 0.1) is 30.4 Å². The van der Waals surface area contributed by atoms with E-state index < -0.39 is 11.6 Å². The van der Waals surface area contributed by atoms with Gasteiger partial charge >= 0.3 is 0 Å². The number of hydrogen-bond acceptors (Lipinski definition) is 3. The van der Waals surface area contributed by atoms with Gasteiger partial charge in [0.1, 0.15) is 11.6 Å². The molecule has 122 valence electrons. The van der Waals surface area contributed by atoms with Gasteiger partial charge in [-0.25, -0.2) is 8.78 Å². The van der Waals surface area contributed by atoms with Gasteiger partial charge in [0.05, 0.1) is 16.4 Å². The summed E-state index contributed by atoms with van der Waals surface area (Å²) in [6.07, 6.45) is 0. The van der Waals surface area contributed by atoms with Gasteiger partial charge in [-0.1, -0.05) is 11.8 Å². The summed E-state index contributed by atoms with van der Waals surface area (Å²) < 4.78 is 28.7. The first-order valence-corrected chi connectivity index (χ1v) is 8.55. The van der Waals surface area contributed by atoms with E-state index in [0.29, 0.717) is 16.1 Å². The lowest BCUT2D eigenvalue weighted by atomic mass is 10.1. The molecule has 0 N–H and O–H groups in total. The minimum atomic E-state index is -0.614. The maximum absolute atomic E-state index is 14.3. The summed E-state index contributed by atoms with van der Waals surface area (Å²) in [4.78, 5) is 5.42. The second kappa shape index (κ2) is 7.50. The van der Waals surface area contributed by atoms with Crippen LogP contribution in [0.2, 0.25) is 0 Å². The Morgan fingerprint density at radius 1 is 0.920 bits per heavy atom. The van der Waals surface area contributed by atoms with E-state index in [0.717, 1.165) is 4.88 Å². The number of hydrogen-bond donors (Lipinski definition) is 0. The van der Waals surface area contributed by atoms with E-state index in [2.05, 4.69) is 34.2 Å². The standard InChI is InChI=1S/C20H11F2NS2/c1-13-2-9-19(25-13)20-17(21)10-15(11-18(20)22)4-3-14-5-7-16(8-6-14)23-12-24/h2,5-11H,1H3. The highest BCUT2D eigenvalue weighted by molar-refractivity contribution is 7.78. The molecule has 1 heterocycles. The predicted molar refractivity (Wildman–Crippen MR) is 102 cm³/mol. The van der Waals surface area contributed by atoms with Crippen molar-refractivity contribution in [2.24, 2.45) is 4.99 Å². The van der Waals surface area contributed by atoms with Crippen LogP contribution in [0.5, 0.6) is 0 Å². The normalized spacial score (nSPS) is 9.88. The molecular weight excluding hydrogens is 356 g/mol. The third kappa shape index (κ3) is 4.07. The van der Waals surface area contributed by atoms with Crippen molar-refractivity contribution in [3.63, 3.8) is 0 Å². The van der Waals surface area contributed by atoms with Crippen LogP contribution in [0.4, 0.5) is 14.5 Å². The molecule has 1 aromatic heterocycles. The van der Waals surface area contributed by atoms with Gasteiger partial charge in [-0.2, -0.15) is 4.99 Å². The zero-order chi connectivity index (χ0) is 17.8. The van der Waals surface area contributed by atoms with Crippen molar-refractivity contribution in [3.05, 3.63) is 76.2 Å². The van der Waals surface area contributed by atoms with Gasteiger partial charge in [0.25, 0.3) is 0 Å². The van der Waals surface area contributed by atoms with E-state index in [9.17, 15) is 8.78 Å². The van der Waals surface area contributed by atoms with Crippen molar-refractivity contribution in [1.29, 1.82) is 0 Å². The molecule has 3 rings (SSSR count). The molecule has 0 spiro atoms. The number of aryl methyl sites for hydroxylation is 1. The van der Waals surface area contributed by atoms with E-state index >= 15 is 0 Å². The van der Waals surface area contributed by atoms with Gasteiger partial charge in [-0.15, -0.1) is 11.3 Å². The minimum Gasteiger partial charge on any atom is -0.206 e. The maximum Gasteiger partial charge on any atom is 0.136 e. The molecule has 0 unspecified atom stereocenters. The third-order valence-electron chi connectivity index (χ3n) is 3.42. The first kappa shape index (κ1) is 17.2. The lowest BCUT2D eigenvalue weighted by Crippen LogP contribution is -1.90. The molecule has 5 heteroatoms. The number of benzene rings is 2. The number of rotatable bonds is 2. The summed E-state index contributed by atoms with van der Waals surface area (Å²) in [7, 11) is 0. The topological polar surface area (TPSA) is 12.4 Å². The molecule has 25 heavy (non-hydrogen) atoms. The lowest BCUT2D eigenvalue weighted by Gasteiger charge is -2.03. The molecule has 1 nitrogen and oxygen atoms in total. The fourth-order valence-electron chi connectivity index (χ4n) is 2.27. The largest absolute Gasteiger partial charge is 0.206 e. The first-order chi connectivity index (χ1) is 12.1. The Morgan fingerprint density at radius 3 is 2.12 bits per heavy atom. The summed E-state index contributed by atoms with van der Waals surface area (Å²) >= 11 is 5.89. The summed E-state index contributed by atoms with van der Waals surface area (Å²) in [5.41, 5.74) is 1.66. The first-order valence-electron chi connectivity index (χ1n) is 7.32. The Bertz CT molecular complexity index is 1010. The molecule has 3 aromatic rings. The molecule has 0 amide bonds. The highest BCUT2D eigenvalue weighted by atomic mass is 32.1. The van der Waals surface area contributed by atoms with E-state index in [4.69, 9.17) is 0 Å². The van der Waals surface area contributed by atoms with Crippen LogP contribution < -0.4 is 0 Å². The van der Waals surface area contributed by atoms with Crippen LogP contribution in [0.15, 0.2) is 53.5 Å². The van der Waals surface area contributed by atoms with Crippen LogP contribution in [0.3, 0.4) is 0 Å². The Hall–Kier alpha value is -2.64. The average molecular weight is 367 g/mol. The Labute approximate surface area is 153 Å². The molecule has 0 fully saturated rings. The van der Waals surface area contributed by atoms with E-state index in [-0.39, 0.29) is 11.1 Å². The van der Waals surface area contributed by atoms with Crippen molar-refractivity contribution < 1.29 is 8.78 Å². The van der Waals surface area contributed by atoms with Gasteiger partial charge in [0.2, 0.25) is 0 Å². The number of isothiocyanates is 1. The number of thiocarbonyl (C=S) groups is 1. The van der Waals surface area contributed by atoms with E-state index in [1.54, 1.807) is 30.3 Å². The molecule has 0 radical (unpaired) electrons. The van der Waals surface area contributed by atoms with E-state index in [1.165, 1.54) is 23.5 Å². The number of thiophene rings is 1. The zero-order valence-corrected chi connectivity index (χ0v) is 14.8. The number of halogens is 2. The number of aliphatic imine (C=N–C) groups is 1. The minimum absolute atomic E-state index is 0.00831. The van der Waals surface area contributed by atoms with Crippen LogP contribution in [-0.4, -0.2) is 5.16 Å². The SMILES string of the molecule is Cc1ccc(-c2c(F)cc(C#Cc3ccc(N=C=S)cc3)cc2F)s1. The second-order valence-corrected chi connectivity index (χ2v) is 6.70. The Morgan fingerprint density at radius 2 is 1.56 bits per heavy atom. The summed E-state index contributed by atoms with van der Waals surface area (Å²) in [5, 5.41) is 2.28. The van der Waals surface area contributed by atoms with Crippen molar-refractivity contribution in [3.8, 4) is 22.3 Å². The fourth-order valence-corrected chi connectivity index (χ4v) is 3.29. The van der Waals surface area contributed by atoms with Gasteiger partial charge in [0, 0.05) is 20.9 Å². The summed E-state index contributed by atoms with van der Waals surface area (Å²) in [5.74, 6) is 4.44. The number of nitrogens with zero attached hydrogens (tertiary/aromatic N) is 1. The summed E-state index contributed by atoms with van der Waals surface area (Å²) in [6.45, 7) is 1.90. The van der Waals surface area contributed by atoms with Crippen molar-refractivity contribution in [1.82, 2.24) is 0 Å². The van der Waals surface area contributed by atoms with Gasteiger partial charge in [-0.05, 0) is 67.7 Å². The molecule has 0 aliphatic rings. The molecule has 0 aliphatic carbocycles. The second-order valence-electron chi connectivity index (χ2n) is 5.23. The third-order valence-corrected chi connectivity index (χ3v) is 4.53. The summed E-state index contributed by atoms with van der Waals surface area (Å²) in [6, 6.07) is 13.1. The molecule has 0 bridgehead atoms. The predicted octanol–water partition coefficient (Wildman–Crippen LogP) is 6.14. The van der Waals surface area contributed by atoms with Crippen LogP contribution in [-0.2, 0) is 0 Å². The van der Waals surface area contributed by atoms with Crippen LogP contribution in [0.1, 0.15) is 16.0 Å². The fraction of sp³-hybridized carbons (Fsp3) is 0.0500. The molecule has 0 saturated carbocycles. The van der Waals surface area contributed by atoms with Crippen molar-refractivity contribution in [2.45, 2.75) is 6.92 Å².